The lowest BCUT2D eigenvalue weighted by molar-refractivity contribution is 0.0935. The Bertz CT molecular complexity index is 701. The van der Waals surface area contributed by atoms with E-state index in [2.05, 4.69) is 15.6 Å². The van der Waals surface area contributed by atoms with Gasteiger partial charge in [-0.05, 0) is 31.4 Å². The molecule has 4 heterocycles. The highest BCUT2D eigenvalue weighted by molar-refractivity contribution is 8.02. The fourth-order valence-electron chi connectivity index (χ4n) is 3.11. The summed E-state index contributed by atoms with van der Waals surface area (Å²) in [4.78, 5) is 17.2. The second-order valence-electron chi connectivity index (χ2n) is 5.52. The molecule has 0 aliphatic carbocycles. The first-order valence-corrected chi connectivity index (χ1v) is 9.96. The third kappa shape index (κ3) is 3.05. The Labute approximate surface area is 145 Å². The largest absolute Gasteiger partial charge is 0.347 e. The molecule has 2 N–H and O–H groups in total. The molecular formula is C14H14ClN3OS3. The molecule has 3 unspecified atom stereocenters. The third-order valence-corrected chi connectivity index (χ3v) is 7.51. The molecule has 22 heavy (non-hydrogen) atoms. The van der Waals surface area contributed by atoms with Crippen molar-refractivity contribution < 1.29 is 4.79 Å². The minimum atomic E-state index is 0.0403. The van der Waals surface area contributed by atoms with Crippen molar-refractivity contribution in [2.45, 2.75) is 45.8 Å². The summed E-state index contributed by atoms with van der Waals surface area (Å²) >= 11 is 10.4. The topological polar surface area (TPSA) is 54.0 Å². The van der Waals surface area contributed by atoms with Gasteiger partial charge in [0.15, 0.2) is 4.47 Å². The number of hydrogen-bond acceptors (Lipinski definition) is 6. The molecule has 8 heteroatoms. The lowest BCUT2D eigenvalue weighted by Gasteiger charge is -2.20. The fourth-order valence-corrected chi connectivity index (χ4v) is 6.53. The Morgan fingerprint density at radius 1 is 1.36 bits per heavy atom. The van der Waals surface area contributed by atoms with Crippen molar-refractivity contribution in [2.75, 3.05) is 0 Å². The average molecular weight is 372 g/mol. The molecule has 0 saturated carbocycles. The third-order valence-electron chi connectivity index (χ3n) is 4.08. The van der Waals surface area contributed by atoms with E-state index in [9.17, 15) is 4.79 Å². The number of nitrogens with one attached hydrogen (secondary N) is 2. The van der Waals surface area contributed by atoms with E-state index >= 15 is 0 Å². The van der Waals surface area contributed by atoms with E-state index in [-0.39, 0.29) is 11.9 Å². The predicted octanol–water partition coefficient (Wildman–Crippen LogP) is 3.63. The summed E-state index contributed by atoms with van der Waals surface area (Å²) in [5.74, 6) is 0.0403. The Hall–Kier alpha value is -0.600. The van der Waals surface area contributed by atoms with Crippen LogP contribution < -0.4 is 10.6 Å². The second kappa shape index (κ2) is 6.13. The number of fused-ring (bicyclic) bond motifs is 2. The van der Waals surface area contributed by atoms with Gasteiger partial charge in [0.05, 0.1) is 19.5 Å². The molecule has 2 fully saturated rings. The van der Waals surface area contributed by atoms with Crippen LogP contribution in [-0.2, 0) is 0 Å². The monoisotopic (exact) mass is 371 g/mol. The van der Waals surface area contributed by atoms with Gasteiger partial charge in [0.25, 0.3) is 5.91 Å². The van der Waals surface area contributed by atoms with Gasteiger partial charge >= 0.3 is 0 Å². The predicted molar refractivity (Wildman–Crippen MR) is 91.4 cm³/mol. The number of amides is 1. The number of halogens is 1. The zero-order valence-electron chi connectivity index (χ0n) is 11.5. The lowest BCUT2D eigenvalue weighted by atomic mass is 9.95. The van der Waals surface area contributed by atoms with Crippen LogP contribution in [0.4, 0.5) is 0 Å². The molecule has 1 amide bonds. The van der Waals surface area contributed by atoms with Crippen LogP contribution in [0.15, 0.2) is 26.7 Å². The molecule has 0 aromatic carbocycles. The van der Waals surface area contributed by atoms with Crippen molar-refractivity contribution in [3.63, 3.8) is 0 Å². The van der Waals surface area contributed by atoms with E-state index in [1.807, 2.05) is 12.1 Å². The van der Waals surface area contributed by atoms with Crippen molar-refractivity contribution in [3.8, 4) is 0 Å². The Morgan fingerprint density at radius 2 is 2.27 bits per heavy atom. The summed E-state index contributed by atoms with van der Waals surface area (Å²) in [5, 5.41) is 6.72. The summed E-state index contributed by atoms with van der Waals surface area (Å²) < 4.78 is 2.66. The minimum absolute atomic E-state index is 0.0403. The normalized spacial score (nSPS) is 26.5. The first-order valence-electron chi connectivity index (χ1n) is 7.13. The minimum Gasteiger partial charge on any atom is -0.347 e. The van der Waals surface area contributed by atoms with E-state index in [1.54, 1.807) is 18.0 Å². The lowest BCUT2D eigenvalue weighted by Crippen LogP contribution is -2.42. The maximum absolute atomic E-state index is 12.4. The molecule has 116 valence electrons. The zero-order valence-corrected chi connectivity index (χ0v) is 14.7. The molecule has 2 aromatic rings. The van der Waals surface area contributed by atoms with Gasteiger partial charge in [-0.3, -0.25) is 4.79 Å². The highest BCUT2D eigenvalue weighted by Gasteiger charge is 2.39. The van der Waals surface area contributed by atoms with Crippen LogP contribution in [0.3, 0.4) is 0 Å². The number of nitrogens with zero attached hydrogens (tertiary/aromatic N) is 1. The first kappa shape index (κ1) is 15.0. The second-order valence-corrected chi connectivity index (χ2v) is 9.81. The van der Waals surface area contributed by atoms with Crippen molar-refractivity contribution in [1.82, 2.24) is 15.6 Å². The Balaban J connectivity index is 1.39. The molecule has 3 atom stereocenters. The number of thiophene rings is 1. The average Bonchev–Trinajstić information content (AvgIpc) is 3.24. The first-order chi connectivity index (χ1) is 10.7. The maximum Gasteiger partial charge on any atom is 0.261 e. The number of carbonyl (C=O) groups is 1. The van der Waals surface area contributed by atoms with Crippen LogP contribution >= 0.6 is 46.0 Å². The van der Waals surface area contributed by atoms with Gasteiger partial charge in [-0.15, -0.1) is 11.3 Å². The Morgan fingerprint density at radius 3 is 2.95 bits per heavy atom. The van der Waals surface area contributed by atoms with E-state index in [0.29, 0.717) is 16.6 Å². The molecule has 2 aliphatic heterocycles. The molecule has 2 aromatic heterocycles. The standard InChI is InChI=1S/C14H14ClN3OS3/c15-14-16-6-12(22-14)21-11-4-3-10(20-11)13(19)18-9-5-7-1-2-8(9)17-7/h3-4,6-9,17H,1-2,5H2,(H,18,19). The van der Waals surface area contributed by atoms with E-state index in [0.717, 1.165) is 19.7 Å². The molecule has 0 spiro atoms. The summed E-state index contributed by atoms with van der Waals surface area (Å²) in [6, 6.07) is 5.22. The van der Waals surface area contributed by atoms with Crippen molar-refractivity contribution in [1.29, 1.82) is 0 Å². The number of rotatable bonds is 4. The molecule has 4 nitrogen and oxygen atoms in total. The van der Waals surface area contributed by atoms with Gasteiger partial charge in [0.1, 0.15) is 0 Å². The highest BCUT2D eigenvalue weighted by atomic mass is 35.5. The van der Waals surface area contributed by atoms with Gasteiger partial charge in [-0.2, -0.15) is 0 Å². The van der Waals surface area contributed by atoms with Crippen molar-refractivity contribution in [3.05, 3.63) is 27.7 Å². The van der Waals surface area contributed by atoms with Gasteiger partial charge < -0.3 is 10.6 Å². The number of thiazole rings is 1. The SMILES string of the molecule is O=C(NC1CC2CCC1N2)c1ccc(Sc2cnc(Cl)s2)s1. The van der Waals surface area contributed by atoms with Crippen LogP contribution in [-0.4, -0.2) is 29.0 Å². The fraction of sp³-hybridized carbons (Fsp3) is 0.429. The maximum atomic E-state index is 12.4. The van der Waals surface area contributed by atoms with Crippen LogP contribution in [0.2, 0.25) is 4.47 Å². The quantitative estimate of drug-likeness (QED) is 0.861. The van der Waals surface area contributed by atoms with Crippen molar-refractivity contribution in [2.24, 2.45) is 0 Å². The molecule has 2 saturated heterocycles. The summed E-state index contributed by atoms with van der Waals surface area (Å²) in [5.41, 5.74) is 0. The Kier molecular flexibility index (Phi) is 4.17. The number of aromatic nitrogens is 1. The van der Waals surface area contributed by atoms with Crippen LogP contribution in [0.25, 0.3) is 0 Å². The van der Waals surface area contributed by atoms with Gasteiger partial charge in [-0.1, -0.05) is 34.7 Å². The van der Waals surface area contributed by atoms with E-state index in [1.165, 1.54) is 35.5 Å². The van der Waals surface area contributed by atoms with Crippen LogP contribution in [0.5, 0.6) is 0 Å². The van der Waals surface area contributed by atoms with Crippen molar-refractivity contribution >= 4 is 51.9 Å². The zero-order chi connectivity index (χ0) is 15.1. The number of hydrogen-bond donors (Lipinski definition) is 2. The van der Waals surface area contributed by atoms with Gasteiger partial charge in [0, 0.05) is 18.1 Å². The number of carbonyl (C=O) groups excluding carboxylic acids is 1. The van der Waals surface area contributed by atoms with E-state index in [4.69, 9.17) is 11.6 Å². The highest BCUT2D eigenvalue weighted by Crippen LogP contribution is 2.37. The molecule has 4 rings (SSSR count). The smallest absolute Gasteiger partial charge is 0.261 e. The summed E-state index contributed by atoms with van der Waals surface area (Å²) in [6.07, 6.45) is 5.24. The molecule has 0 radical (unpaired) electrons. The molecular weight excluding hydrogens is 358 g/mol. The van der Waals surface area contributed by atoms with Gasteiger partial charge in [-0.25, -0.2) is 4.98 Å². The summed E-state index contributed by atoms with van der Waals surface area (Å²) in [6.45, 7) is 0. The summed E-state index contributed by atoms with van der Waals surface area (Å²) in [7, 11) is 0. The molecule has 2 aliphatic rings. The molecule has 2 bridgehead atoms. The van der Waals surface area contributed by atoms with Crippen LogP contribution in [0, 0.1) is 0 Å². The van der Waals surface area contributed by atoms with Crippen LogP contribution in [0.1, 0.15) is 28.9 Å². The van der Waals surface area contributed by atoms with E-state index < -0.39 is 0 Å². The van der Waals surface area contributed by atoms with Gasteiger partial charge in [0.2, 0.25) is 0 Å².